The predicted octanol–water partition coefficient (Wildman–Crippen LogP) is 4.66. The molecule has 1 saturated heterocycles. The number of carbonyl (C=O) groups is 1. The fourth-order valence-electron chi connectivity index (χ4n) is 2.79. The summed E-state index contributed by atoms with van der Waals surface area (Å²) in [6, 6.07) is 5.53. The van der Waals surface area contributed by atoms with Gasteiger partial charge in [0.15, 0.2) is 0 Å². The summed E-state index contributed by atoms with van der Waals surface area (Å²) in [6.45, 7) is 3.11. The highest BCUT2D eigenvalue weighted by atomic mass is 35.5. The molecule has 1 heterocycles. The second kappa shape index (κ2) is 9.02. The van der Waals surface area contributed by atoms with E-state index in [4.69, 9.17) is 28.3 Å². The van der Waals surface area contributed by atoms with E-state index in [0.29, 0.717) is 10.9 Å². The van der Waals surface area contributed by atoms with Crippen LogP contribution in [0.3, 0.4) is 0 Å². The molecule has 0 bridgehead atoms. The summed E-state index contributed by atoms with van der Waals surface area (Å²) in [5.74, 6) is 0.791. The van der Waals surface area contributed by atoms with Crippen LogP contribution in [0.4, 0.5) is 0 Å². The number of nitrogens with zero attached hydrogens (tertiary/aromatic N) is 1. The Morgan fingerprint density at radius 2 is 2.23 bits per heavy atom. The maximum atomic E-state index is 10.7. The van der Waals surface area contributed by atoms with Crippen molar-refractivity contribution in [2.24, 2.45) is 5.92 Å². The average Bonchev–Trinajstić information content (AvgIpc) is 2.49. The van der Waals surface area contributed by atoms with E-state index in [9.17, 15) is 4.79 Å². The SMILES string of the molecule is O=C(O)CCC1CCCN(CCSc2cc(Cl)ccc2Cl)C1. The van der Waals surface area contributed by atoms with Crippen molar-refractivity contribution in [1.82, 2.24) is 4.90 Å². The minimum absolute atomic E-state index is 0.283. The fourth-order valence-corrected chi connectivity index (χ4v) is 4.29. The Morgan fingerprint density at radius 3 is 3.00 bits per heavy atom. The maximum absolute atomic E-state index is 10.7. The van der Waals surface area contributed by atoms with E-state index in [2.05, 4.69) is 4.90 Å². The molecule has 1 unspecified atom stereocenters. The van der Waals surface area contributed by atoms with Gasteiger partial charge in [-0.25, -0.2) is 0 Å². The lowest BCUT2D eigenvalue weighted by atomic mass is 9.93. The molecule has 0 aliphatic carbocycles. The minimum atomic E-state index is -0.691. The molecule has 122 valence electrons. The van der Waals surface area contributed by atoms with Crippen LogP contribution in [0.25, 0.3) is 0 Å². The first-order valence-electron chi connectivity index (χ1n) is 7.56. The first-order valence-corrected chi connectivity index (χ1v) is 9.31. The number of thioether (sulfide) groups is 1. The molecule has 1 aromatic carbocycles. The Balaban J connectivity index is 1.74. The van der Waals surface area contributed by atoms with Crippen molar-refractivity contribution < 1.29 is 9.90 Å². The van der Waals surface area contributed by atoms with E-state index in [1.54, 1.807) is 17.8 Å². The molecule has 1 aliphatic heterocycles. The van der Waals surface area contributed by atoms with Gasteiger partial charge in [-0.2, -0.15) is 0 Å². The van der Waals surface area contributed by atoms with Crippen LogP contribution in [-0.2, 0) is 4.79 Å². The maximum Gasteiger partial charge on any atom is 0.303 e. The zero-order valence-corrected chi connectivity index (χ0v) is 14.8. The molecular formula is C16H21Cl2NO2S. The Bertz CT molecular complexity index is 513. The highest BCUT2D eigenvalue weighted by Crippen LogP contribution is 2.30. The van der Waals surface area contributed by atoms with Crippen molar-refractivity contribution in [3.05, 3.63) is 28.2 Å². The van der Waals surface area contributed by atoms with Crippen molar-refractivity contribution in [3.63, 3.8) is 0 Å². The molecule has 0 saturated carbocycles. The molecular weight excluding hydrogens is 341 g/mol. The van der Waals surface area contributed by atoms with Gasteiger partial charge in [-0.1, -0.05) is 23.2 Å². The molecule has 3 nitrogen and oxygen atoms in total. The van der Waals surface area contributed by atoms with Gasteiger partial charge in [0.1, 0.15) is 0 Å². The number of rotatable bonds is 7. The van der Waals surface area contributed by atoms with E-state index in [0.717, 1.165) is 54.6 Å². The summed E-state index contributed by atoms with van der Waals surface area (Å²) in [5, 5.41) is 10.2. The molecule has 1 aliphatic rings. The van der Waals surface area contributed by atoms with Crippen molar-refractivity contribution in [2.45, 2.75) is 30.6 Å². The van der Waals surface area contributed by atoms with Gasteiger partial charge in [-0.3, -0.25) is 4.79 Å². The van der Waals surface area contributed by atoms with Gasteiger partial charge in [-0.15, -0.1) is 11.8 Å². The second-order valence-corrected chi connectivity index (χ2v) is 7.64. The summed E-state index contributed by atoms with van der Waals surface area (Å²) >= 11 is 13.9. The van der Waals surface area contributed by atoms with Crippen molar-refractivity contribution in [1.29, 1.82) is 0 Å². The summed E-state index contributed by atoms with van der Waals surface area (Å²) in [6.07, 6.45) is 3.38. The molecule has 0 aromatic heterocycles. The number of hydrogen-bond acceptors (Lipinski definition) is 3. The molecule has 1 N–H and O–H groups in total. The lowest BCUT2D eigenvalue weighted by Gasteiger charge is -2.32. The van der Waals surface area contributed by atoms with Crippen molar-refractivity contribution in [3.8, 4) is 0 Å². The largest absolute Gasteiger partial charge is 0.481 e. The number of hydrogen-bond donors (Lipinski definition) is 1. The summed E-state index contributed by atoms with van der Waals surface area (Å²) in [7, 11) is 0. The standard InChI is InChI=1S/C16H21Cl2NO2S/c17-13-4-5-14(18)15(10-13)22-9-8-19-7-1-2-12(11-19)3-6-16(20)21/h4-5,10,12H,1-3,6-9,11H2,(H,20,21). The Labute approximate surface area is 146 Å². The highest BCUT2D eigenvalue weighted by molar-refractivity contribution is 7.99. The van der Waals surface area contributed by atoms with Crippen LogP contribution in [-0.4, -0.2) is 41.4 Å². The van der Waals surface area contributed by atoms with E-state index in [-0.39, 0.29) is 6.42 Å². The molecule has 0 spiro atoms. The number of carboxylic acids is 1. The first-order chi connectivity index (χ1) is 10.5. The van der Waals surface area contributed by atoms with E-state index in [1.807, 2.05) is 12.1 Å². The molecule has 1 fully saturated rings. The van der Waals surface area contributed by atoms with E-state index < -0.39 is 5.97 Å². The molecule has 6 heteroatoms. The zero-order valence-electron chi connectivity index (χ0n) is 12.4. The number of halogens is 2. The average molecular weight is 362 g/mol. The van der Waals surface area contributed by atoms with Gasteiger partial charge in [0.25, 0.3) is 0 Å². The number of carboxylic acid groups (broad SMARTS) is 1. The third kappa shape index (κ3) is 5.99. The van der Waals surface area contributed by atoms with E-state index in [1.165, 1.54) is 0 Å². The van der Waals surface area contributed by atoms with Crippen molar-refractivity contribution in [2.75, 3.05) is 25.4 Å². The Hall–Kier alpha value is -0.420. The normalized spacial score (nSPS) is 19.3. The third-order valence-electron chi connectivity index (χ3n) is 3.93. The van der Waals surface area contributed by atoms with Gasteiger partial charge in [-0.05, 0) is 49.9 Å². The molecule has 0 amide bonds. The molecule has 22 heavy (non-hydrogen) atoms. The van der Waals surface area contributed by atoms with E-state index >= 15 is 0 Å². The van der Waals surface area contributed by atoms with Crippen LogP contribution in [0.2, 0.25) is 10.0 Å². The number of likely N-dealkylation sites (tertiary alicyclic amines) is 1. The summed E-state index contributed by atoms with van der Waals surface area (Å²) in [4.78, 5) is 14.1. The molecule has 0 radical (unpaired) electrons. The quantitative estimate of drug-likeness (QED) is 0.716. The van der Waals surface area contributed by atoms with Gasteiger partial charge in [0.2, 0.25) is 0 Å². The molecule has 2 rings (SSSR count). The second-order valence-electron chi connectivity index (χ2n) is 5.66. The third-order valence-corrected chi connectivity index (χ3v) is 5.64. The molecule has 1 atom stereocenters. The Morgan fingerprint density at radius 1 is 1.41 bits per heavy atom. The number of piperidine rings is 1. The van der Waals surface area contributed by atoms with Crippen molar-refractivity contribution >= 4 is 40.9 Å². The highest BCUT2D eigenvalue weighted by Gasteiger charge is 2.20. The van der Waals surface area contributed by atoms with Crippen LogP contribution in [0.1, 0.15) is 25.7 Å². The smallest absolute Gasteiger partial charge is 0.303 e. The monoisotopic (exact) mass is 361 g/mol. The fraction of sp³-hybridized carbons (Fsp3) is 0.562. The minimum Gasteiger partial charge on any atom is -0.481 e. The van der Waals surface area contributed by atoms with Gasteiger partial charge in [0.05, 0.1) is 5.02 Å². The van der Waals surface area contributed by atoms with Crippen LogP contribution < -0.4 is 0 Å². The van der Waals surface area contributed by atoms with Crippen LogP contribution in [0.15, 0.2) is 23.1 Å². The van der Waals surface area contributed by atoms with Gasteiger partial charge >= 0.3 is 5.97 Å². The molecule has 1 aromatic rings. The van der Waals surface area contributed by atoms with Crippen LogP contribution >= 0.6 is 35.0 Å². The lowest BCUT2D eigenvalue weighted by Crippen LogP contribution is -2.37. The predicted molar refractivity (Wildman–Crippen MR) is 93.2 cm³/mol. The topological polar surface area (TPSA) is 40.5 Å². The lowest BCUT2D eigenvalue weighted by molar-refractivity contribution is -0.137. The van der Waals surface area contributed by atoms with Gasteiger partial charge in [0, 0.05) is 35.2 Å². The Kier molecular flexibility index (Phi) is 7.35. The zero-order chi connectivity index (χ0) is 15.9. The summed E-state index contributed by atoms with van der Waals surface area (Å²) < 4.78 is 0. The van der Waals surface area contributed by atoms with Crippen LogP contribution in [0.5, 0.6) is 0 Å². The summed E-state index contributed by atoms with van der Waals surface area (Å²) in [5.41, 5.74) is 0. The number of aliphatic carboxylic acids is 1. The number of benzene rings is 1. The van der Waals surface area contributed by atoms with Crippen LogP contribution in [0, 0.1) is 5.92 Å². The first kappa shape index (κ1) is 17.9. The van der Waals surface area contributed by atoms with Gasteiger partial charge < -0.3 is 10.0 Å².